The molecule has 0 saturated heterocycles. The van der Waals surface area contributed by atoms with Crippen LogP contribution in [0.4, 0.5) is 0 Å². The minimum atomic E-state index is -0.385. The Labute approximate surface area is 126 Å². The minimum Gasteiger partial charge on any atom is -0.372 e. The fourth-order valence-corrected chi connectivity index (χ4v) is 3.35. The first-order valence-electron chi connectivity index (χ1n) is 7.48. The van der Waals surface area contributed by atoms with E-state index in [-0.39, 0.29) is 12.0 Å². The van der Waals surface area contributed by atoms with E-state index in [2.05, 4.69) is 31.2 Å². The van der Waals surface area contributed by atoms with Crippen molar-refractivity contribution in [1.82, 2.24) is 10.4 Å². The number of hydrogen-bond donors (Lipinski definition) is 2. The van der Waals surface area contributed by atoms with Crippen molar-refractivity contribution in [2.75, 3.05) is 0 Å². The zero-order valence-electron chi connectivity index (χ0n) is 13.1. The Balaban J connectivity index is 1.95. The molecule has 1 fully saturated rings. The molecule has 1 aromatic rings. The fraction of sp³-hybridized carbons (Fsp3) is 0.625. The molecule has 0 aliphatic heterocycles. The fourth-order valence-electron chi connectivity index (χ4n) is 3.35. The van der Waals surface area contributed by atoms with E-state index in [9.17, 15) is 4.79 Å². The number of nitrogens with two attached hydrogens (primary N) is 1. The van der Waals surface area contributed by atoms with Crippen LogP contribution in [0.3, 0.4) is 0 Å². The number of ether oxygens (including phenoxy) is 1. The van der Waals surface area contributed by atoms with E-state index in [0.717, 1.165) is 18.5 Å². The number of aromatic nitrogens is 1. The lowest BCUT2D eigenvalue weighted by Crippen LogP contribution is -2.32. The molecule has 5 nitrogen and oxygen atoms in total. The Morgan fingerprint density at radius 1 is 1.48 bits per heavy atom. The topological polar surface area (TPSA) is 77.2 Å². The molecule has 1 saturated carbocycles. The van der Waals surface area contributed by atoms with Gasteiger partial charge in [0.1, 0.15) is 5.69 Å². The Morgan fingerprint density at radius 3 is 2.90 bits per heavy atom. The van der Waals surface area contributed by atoms with Crippen LogP contribution >= 0.6 is 0 Å². The van der Waals surface area contributed by atoms with Gasteiger partial charge in [0.15, 0.2) is 0 Å². The van der Waals surface area contributed by atoms with Crippen molar-refractivity contribution in [2.45, 2.75) is 52.7 Å². The lowest BCUT2D eigenvalue weighted by Gasteiger charge is -2.38. The second kappa shape index (κ2) is 6.54. The standard InChI is InChI=1S/C16H25N3O2/c1-11-7-13(9-16(2,3)8-11)21-10-12-5-4-6-14(18-12)15(20)19-17/h4-6,11,13H,7-10,17H2,1-3H3,(H,19,20). The first kappa shape index (κ1) is 15.9. The van der Waals surface area contributed by atoms with Crippen molar-refractivity contribution in [1.29, 1.82) is 0 Å². The average molecular weight is 291 g/mol. The summed E-state index contributed by atoms with van der Waals surface area (Å²) in [6.07, 6.45) is 3.67. The van der Waals surface area contributed by atoms with Crippen molar-refractivity contribution < 1.29 is 9.53 Å². The Kier molecular flexibility index (Phi) is 4.96. The van der Waals surface area contributed by atoms with E-state index in [4.69, 9.17) is 10.6 Å². The Hall–Kier alpha value is -1.46. The normalized spacial score (nSPS) is 24.6. The van der Waals surface area contributed by atoms with Crippen LogP contribution in [0.1, 0.15) is 56.2 Å². The SMILES string of the molecule is CC1CC(OCc2cccc(C(=O)NN)n2)CC(C)(C)C1. The molecule has 2 unspecified atom stereocenters. The van der Waals surface area contributed by atoms with Crippen molar-refractivity contribution >= 4 is 5.91 Å². The first-order valence-corrected chi connectivity index (χ1v) is 7.48. The zero-order chi connectivity index (χ0) is 15.5. The lowest BCUT2D eigenvalue weighted by atomic mass is 9.71. The monoisotopic (exact) mass is 291 g/mol. The molecular formula is C16H25N3O2. The summed E-state index contributed by atoms with van der Waals surface area (Å²) in [5.74, 6) is 5.42. The maximum atomic E-state index is 11.5. The van der Waals surface area contributed by atoms with Gasteiger partial charge in [-0.2, -0.15) is 0 Å². The molecule has 1 amide bonds. The van der Waals surface area contributed by atoms with Gasteiger partial charge < -0.3 is 4.74 Å². The summed E-state index contributed by atoms with van der Waals surface area (Å²) in [6, 6.07) is 5.30. The summed E-state index contributed by atoms with van der Waals surface area (Å²) in [4.78, 5) is 15.7. The number of hydrazine groups is 1. The summed E-state index contributed by atoms with van der Waals surface area (Å²) in [5, 5.41) is 0. The smallest absolute Gasteiger partial charge is 0.283 e. The molecule has 1 heterocycles. The molecular weight excluding hydrogens is 266 g/mol. The predicted octanol–water partition coefficient (Wildman–Crippen LogP) is 2.42. The molecule has 3 N–H and O–H groups in total. The highest BCUT2D eigenvalue weighted by Gasteiger charge is 2.32. The molecule has 0 radical (unpaired) electrons. The minimum absolute atomic E-state index is 0.262. The van der Waals surface area contributed by atoms with Crippen molar-refractivity contribution in [3.05, 3.63) is 29.6 Å². The van der Waals surface area contributed by atoms with Gasteiger partial charge in [-0.1, -0.05) is 26.8 Å². The highest BCUT2D eigenvalue weighted by atomic mass is 16.5. The van der Waals surface area contributed by atoms with Gasteiger partial charge in [0.05, 0.1) is 18.4 Å². The van der Waals surface area contributed by atoms with Crippen LogP contribution in [0.15, 0.2) is 18.2 Å². The summed E-state index contributed by atoms with van der Waals surface area (Å²) >= 11 is 0. The van der Waals surface area contributed by atoms with Gasteiger partial charge in [0.2, 0.25) is 0 Å². The van der Waals surface area contributed by atoms with Gasteiger partial charge in [0.25, 0.3) is 5.91 Å². The van der Waals surface area contributed by atoms with Gasteiger partial charge in [-0.15, -0.1) is 0 Å². The first-order chi connectivity index (χ1) is 9.89. The summed E-state index contributed by atoms with van der Waals surface area (Å²) in [6.45, 7) is 7.30. The third kappa shape index (κ3) is 4.51. The molecule has 0 spiro atoms. The van der Waals surface area contributed by atoms with E-state index >= 15 is 0 Å². The molecule has 1 aliphatic rings. The lowest BCUT2D eigenvalue weighted by molar-refractivity contribution is -0.0327. The number of nitrogens with one attached hydrogen (secondary N) is 1. The van der Waals surface area contributed by atoms with Gasteiger partial charge in [-0.05, 0) is 42.7 Å². The number of hydrogen-bond acceptors (Lipinski definition) is 4. The van der Waals surface area contributed by atoms with Gasteiger partial charge >= 0.3 is 0 Å². The second-order valence-electron chi connectivity index (χ2n) is 6.83. The van der Waals surface area contributed by atoms with Crippen molar-refractivity contribution in [3.63, 3.8) is 0 Å². The largest absolute Gasteiger partial charge is 0.372 e. The van der Waals surface area contributed by atoms with E-state index in [1.165, 1.54) is 6.42 Å². The van der Waals surface area contributed by atoms with Gasteiger partial charge in [0, 0.05) is 0 Å². The number of rotatable bonds is 4. The second-order valence-corrected chi connectivity index (χ2v) is 6.83. The third-order valence-corrected chi connectivity index (χ3v) is 3.98. The van der Waals surface area contributed by atoms with Crippen LogP contribution in [0.5, 0.6) is 0 Å². The Bertz CT molecular complexity index is 502. The van der Waals surface area contributed by atoms with Crippen LogP contribution in [0.2, 0.25) is 0 Å². The quantitative estimate of drug-likeness (QED) is 0.507. The summed E-state index contributed by atoms with van der Waals surface area (Å²) in [7, 11) is 0. The maximum Gasteiger partial charge on any atom is 0.283 e. The van der Waals surface area contributed by atoms with E-state index < -0.39 is 0 Å². The number of carbonyl (C=O) groups is 1. The van der Waals surface area contributed by atoms with Crippen LogP contribution < -0.4 is 11.3 Å². The Morgan fingerprint density at radius 2 is 2.24 bits per heavy atom. The summed E-state index contributed by atoms with van der Waals surface area (Å²) in [5.41, 5.74) is 3.49. The number of nitrogens with zero attached hydrogens (tertiary/aromatic N) is 1. The molecule has 0 bridgehead atoms. The number of nitrogen functional groups attached to an aromatic ring is 1. The molecule has 2 atom stereocenters. The van der Waals surface area contributed by atoms with E-state index in [1.54, 1.807) is 12.1 Å². The van der Waals surface area contributed by atoms with Crippen LogP contribution in [-0.4, -0.2) is 17.0 Å². The predicted molar refractivity (Wildman–Crippen MR) is 81.3 cm³/mol. The molecule has 1 aliphatic carbocycles. The third-order valence-electron chi connectivity index (χ3n) is 3.98. The van der Waals surface area contributed by atoms with Gasteiger partial charge in [-0.25, -0.2) is 10.8 Å². The number of carbonyl (C=O) groups excluding carboxylic acids is 1. The van der Waals surface area contributed by atoms with E-state index in [0.29, 0.717) is 23.6 Å². The molecule has 21 heavy (non-hydrogen) atoms. The van der Waals surface area contributed by atoms with Crippen molar-refractivity contribution in [2.24, 2.45) is 17.2 Å². The summed E-state index contributed by atoms with van der Waals surface area (Å²) < 4.78 is 6.02. The average Bonchev–Trinajstić information content (AvgIpc) is 2.42. The molecule has 1 aromatic heterocycles. The zero-order valence-corrected chi connectivity index (χ0v) is 13.1. The van der Waals surface area contributed by atoms with Crippen LogP contribution in [0.25, 0.3) is 0 Å². The number of pyridine rings is 1. The molecule has 5 heteroatoms. The van der Waals surface area contributed by atoms with Crippen LogP contribution in [0, 0.1) is 11.3 Å². The highest BCUT2D eigenvalue weighted by molar-refractivity contribution is 5.91. The van der Waals surface area contributed by atoms with E-state index in [1.807, 2.05) is 6.07 Å². The van der Waals surface area contributed by atoms with Crippen molar-refractivity contribution in [3.8, 4) is 0 Å². The van der Waals surface area contributed by atoms with Gasteiger partial charge in [-0.3, -0.25) is 10.2 Å². The molecule has 116 valence electrons. The number of amides is 1. The molecule has 0 aromatic carbocycles. The maximum absolute atomic E-state index is 11.5. The molecule has 2 rings (SSSR count). The highest BCUT2D eigenvalue weighted by Crippen LogP contribution is 2.39. The van der Waals surface area contributed by atoms with Crippen LogP contribution in [-0.2, 0) is 11.3 Å².